The molecule has 2 aliphatic rings. The van der Waals surface area contributed by atoms with Crippen LogP contribution in [0.1, 0.15) is 39.0 Å². The summed E-state index contributed by atoms with van der Waals surface area (Å²) in [6.07, 6.45) is 4.96. The minimum Gasteiger partial charge on any atom is -0.449 e. The molecule has 0 aromatic heterocycles. The van der Waals surface area contributed by atoms with Gasteiger partial charge in [-0.05, 0) is 37.0 Å². The predicted octanol–water partition coefficient (Wildman–Crippen LogP) is 2.60. The number of hydrogen-bond acceptors (Lipinski definition) is 4. The molecule has 0 heterocycles. The van der Waals surface area contributed by atoms with Crippen LogP contribution in [0.25, 0.3) is 0 Å². The average Bonchev–Trinajstić information content (AvgIpc) is 3.17. The van der Waals surface area contributed by atoms with Crippen LogP contribution in [0.15, 0.2) is 0 Å². The Hall–Kier alpha value is -1.25. The summed E-state index contributed by atoms with van der Waals surface area (Å²) in [5.74, 6) is 8.35. The maximum Gasteiger partial charge on any atom is 0.407 e. The van der Waals surface area contributed by atoms with Gasteiger partial charge in [0, 0.05) is 26.0 Å². The first-order valence-electron chi connectivity index (χ1n) is 8.84. The van der Waals surface area contributed by atoms with E-state index in [-0.39, 0.29) is 6.09 Å². The van der Waals surface area contributed by atoms with E-state index in [4.69, 9.17) is 14.2 Å². The van der Waals surface area contributed by atoms with Crippen molar-refractivity contribution in [1.29, 1.82) is 0 Å². The molecule has 1 N–H and O–H groups in total. The molecule has 2 aliphatic carbocycles. The number of alkyl carbamates (subject to hydrolysis) is 1. The van der Waals surface area contributed by atoms with Gasteiger partial charge in [-0.1, -0.05) is 6.92 Å². The third kappa shape index (κ3) is 6.80. The number of amides is 1. The van der Waals surface area contributed by atoms with E-state index < -0.39 is 0 Å². The molecule has 1 amide bonds. The van der Waals surface area contributed by atoms with Crippen molar-refractivity contribution >= 4 is 6.09 Å². The number of ether oxygens (including phenoxy) is 3. The Bertz CT molecular complexity index is 397. The molecule has 0 radical (unpaired) electrons. The molecule has 2 rings (SSSR count). The van der Waals surface area contributed by atoms with Gasteiger partial charge in [0.25, 0.3) is 0 Å². The fourth-order valence-corrected chi connectivity index (χ4v) is 3.20. The molecule has 3 atom stereocenters. The summed E-state index contributed by atoms with van der Waals surface area (Å²) >= 11 is 0. The van der Waals surface area contributed by atoms with Crippen molar-refractivity contribution in [2.45, 2.75) is 39.0 Å². The van der Waals surface area contributed by atoms with E-state index in [0.29, 0.717) is 50.7 Å². The zero-order valence-corrected chi connectivity index (χ0v) is 14.1. The van der Waals surface area contributed by atoms with Crippen LogP contribution >= 0.6 is 0 Å². The Morgan fingerprint density at radius 1 is 1.04 bits per heavy atom. The van der Waals surface area contributed by atoms with E-state index in [1.807, 2.05) is 0 Å². The van der Waals surface area contributed by atoms with Gasteiger partial charge in [-0.25, -0.2) is 4.79 Å². The summed E-state index contributed by atoms with van der Waals surface area (Å²) < 4.78 is 16.0. The van der Waals surface area contributed by atoms with E-state index in [9.17, 15) is 4.79 Å². The molecule has 0 aromatic rings. The molecule has 23 heavy (non-hydrogen) atoms. The van der Waals surface area contributed by atoms with Crippen LogP contribution in [-0.2, 0) is 14.2 Å². The van der Waals surface area contributed by atoms with Crippen LogP contribution in [0.4, 0.5) is 4.79 Å². The van der Waals surface area contributed by atoms with Crippen molar-refractivity contribution in [1.82, 2.24) is 5.32 Å². The minimum atomic E-state index is -0.341. The van der Waals surface area contributed by atoms with Crippen LogP contribution in [0.2, 0.25) is 0 Å². The maximum atomic E-state index is 11.7. The summed E-state index contributed by atoms with van der Waals surface area (Å²) in [5, 5.41) is 2.72. The van der Waals surface area contributed by atoms with Gasteiger partial charge >= 0.3 is 6.09 Å². The topological polar surface area (TPSA) is 56.8 Å². The number of rotatable bonds is 10. The molecular formula is C18H29NO4. The molecule has 5 heteroatoms. The molecule has 1 fully saturated rings. The first-order valence-corrected chi connectivity index (χ1v) is 8.84. The normalized spacial score (nSPS) is 25.3. The Morgan fingerprint density at radius 2 is 1.70 bits per heavy atom. The zero-order valence-electron chi connectivity index (χ0n) is 14.1. The minimum absolute atomic E-state index is 0.341. The summed E-state index contributed by atoms with van der Waals surface area (Å²) in [7, 11) is 0. The third-order valence-corrected chi connectivity index (χ3v) is 4.48. The summed E-state index contributed by atoms with van der Waals surface area (Å²) in [5.41, 5.74) is 0. The van der Waals surface area contributed by atoms with Crippen molar-refractivity contribution in [2.24, 2.45) is 17.8 Å². The Morgan fingerprint density at radius 3 is 2.35 bits per heavy atom. The van der Waals surface area contributed by atoms with E-state index in [1.165, 1.54) is 0 Å². The maximum absolute atomic E-state index is 11.7. The average molecular weight is 323 g/mol. The van der Waals surface area contributed by atoms with Crippen molar-refractivity contribution in [3.8, 4) is 11.8 Å². The second kappa shape index (κ2) is 10.5. The number of carbonyl (C=O) groups excluding carboxylic acids is 1. The molecule has 0 unspecified atom stereocenters. The van der Waals surface area contributed by atoms with Gasteiger partial charge in [-0.3, -0.25) is 0 Å². The molecule has 0 aliphatic heterocycles. The highest BCUT2D eigenvalue weighted by Gasteiger charge is 2.49. The lowest BCUT2D eigenvalue weighted by atomic mass is 10.1. The van der Waals surface area contributed by atoms with Crippen molar-refractivity contribution in [3.63, 3.8) is 0 Å². The smallest absolute Gasteiger partial charge is 0.407 e. The van der Waals surface area contributed by atoms with Crippen LogP contribution in [0.3, 0.4) is 0 Å². The quantitative estimate of drug-likeness (QED) is 0.496. The summed E-state index contributed by atoms with van der Waals surface area (Å²) in [6, 6.07) is 0. The molecule has 1 saturated carbocycles. The second-order valence-corrected chi connectivity index (χ2v) is 6.17. The van der Waals surface area contributed by atoms with E-state index in [1.54, 1.807) is 0 Å². The lowest BCUT2D eigenvalue weighted by molar-refractivity contribution is 0.0484. The summed E-state index contributed by atoms with van der Waals surface area (Å²) in [6.45, 7) is 5.49. The number of hydrogen-bond donors (Lipinski definition) is 1. The number of carbonyl (C=O) groups is 1. The molecule has 130 valence electrons. The van der Waals surface area contributed by atoms with Crippen LogP contribution < -0.4 is 5.32 Å². The van der Waals surface area contributed by atoms with Gasteiger partial charge < -0.3 is 19.5 Å². The molecule has 5 nitrogen and oxygen atoms in total. The largest absolute Gasteiger partial charge is 0.449 e. The molecule has 0 aromatic carbocycles. The number of fused-ring (bicyclic) bond motifs is 1. The molecule has 0 saturated heterocycles. The van der Waals surface area contributed by atoms with Gasteiger partial charge in [0.1, 0.15) is 0 Å². The predicted molar refractivity (Wildman–Crippen MR) is 88.0 cm³/mol. The van der Waals surface area contributed by atoms with E-state index in [2.05, 4.69) is 24.1 Å². The second-order valence-electron chi connectivity index (χ2n) is 6.17. The highest BCUT2D eigenvalue weighted by Crippen LogP contribution is 2.52. The highest BCUT2D eigenvalue weighted by atomic mass is 16.6. The van der Waals surface area contributed by atoms with Gasteiger partial charge in [-0.15, -0.1) is 11.8 Å². The van der Waals surface area contributed by atoms with E-state index >= 15 is 0 Å². The van der Waals surface area contributed by atoms with Crippen molar-refractivity contribution in [2.75, 3.05) is 39.6 Å². The zero-order chi connectivity index (χ0) is 16.3. The van der Waals surface area contributed by atoms with Crippen molar-refractivity contribution in [3.05, 3.63) is 0 Å². The van der Waals surface area contributed by atoms with Crippen molar-refractivity contribution < 1.29 is 19.0 Å². The molecule has 0 bridgehead atoms. The number of nitrogens with one attached hydrogen (secondary N) is 1. The summed E-state index contributed by atoms with van der Waals surface area (Å²) in [4.78, 5) is 11.7. The first kappa shape index (κ1) is 18.1. The van der Waals surface area contributed by atoms with Crippen LogP contribution in [0.5, 0.6) is 0 Å². The van der Waals surface area contributed by atoms with Gasteiger partial charge in [-0.2, -0.15) is 0 Å². The monoisotopic (exact) mass is 323 g/mol. The highest BCUT2D eigenvalue weighted by molar-refractivity contribution is 5.67. The van der Waals surface area contributed by atoms with E-state index in [0.717, 1.165) is 38.7 Å². The molecular weight excluding hydrogens is 294 g/mol. The van der Waals surface area contributed by atoms with Gasteiger partial charge in [0.05, 0.1) is 26.4 Å². The Balaban J connectivity index is 1.44. The standard InChI is InChI=1S/C18H29NO4/c1-2-10-21-12-13-22-11-9-19-18(20)23-14-17-15-7-5-3-4-6-8-16(15)17/h15-17H,2,5-14H2,1H3,(H,19,20)/t15-,16+,17-. The van der Waals surface area contributed by atoms with Gasteiger partial charge in [0.15, 0.2) is 0 Å². The first-order chi connectivity index (χ1) is 11.3. The lowest BCUT2D eigenvalue weighted by Crippen LogP contribution is -2.29. The SMILES string of the molecule is CCCOCCOCCNC(=O)OC[C@@H]1[C@@H]2CCC#CCC[C@@H]21. The van der Waals surface area contributed by atoms with Crippen LogP contribution in [0, 0.1) is 29.6 Å². The fourth-order valence-electron chi connectivity index (χ4n) is 3.20. The van der Waals surface area contributed by atoms with Gasteiger partial charge in [0.2, 0.25) is 0 Å². The molecule has 0 spiro atoms. The Kier molecular flexibility index (Phi) is 8.27. The van der Waals surface area contributed by atoms with Crippen LogP contribution in [-0.4, -0.2) is 45.7 Å². The lowest BCUT2D eigenvalue weighted by Gasteiger charge is -2.08. The Labute approximate surface area is 139 Å². The fraction of sp³-hybridized carbons (Fsp3) is 0.833. The third-order valence-electron chi connectivity index (χ3n) is 4.48.